The second kappa shape index (κ2) is 7.59. The van der Waals surface area contributed by atoms with Crippen molar-refractivity contribution in [2.45, 2.75) is 20.4 Å². The molecule has 0 bridgehead atoms. The molecule has 0 N–H and O–H groups in total. The Hall–Kier alpha value is -2.14. The number of rotatable bonds is 7. The van der Waals surface area contributed by atoms with Crippen molar-refractivity contribution >= 4 is 5.97 Å². The molecule has 0 amide bonds. The molecule has 21 heavy (non-hydrogen) atoms. The Morgan fingerprint density at radius 3 is 2.71 bits per heavy atom. The molecule has 5 heteroatoms. The second-order valence-corrected chi connectivity index (χ2v) is 4.62. The second-order valence-electron chi connectivity index (χ2n) is 4.62. The van der Waals surface area contributed by atoms with E-state index in [2.05, 4.69) is 4.98 Å². The Labute approximate surface area is 124 Å². The number of esters is 1. The lowest BCUT2D eigenvalue weighted by molar-refractivity contribution is -0.144. The largest absolute Gasteiger partial charge is 0.465 e. The summed E-state index contributed by atoms with van der Waals surface area (Å²) in [6.45, 7) is 5.77. The highest BCUT2D eigenvalue weighted by molar-refractivity contribution is 5.71. The quantitative estimate of drug-likeness (QED) is 0.733. The summed E-state index contributed by atoms with van der Waals surface area (Å²) in [5.74, 6) is 0.379. The van der Waals surface area contributed by atoms with Crippen molar-refractivity contribution in [1.82, 2.24) is 9.88 Å². The van der Waals surface area contributed by atoms with Gasteiger partial charge in [-0.2, -0.15) is 0 Å². The molecule has 0 saturated heterocycles. The average Bonchev–Trinajstić information content (AvgIpc) is 2.96. The van der Waals surface area contributed by atoms with Crippen LogP contribution in [0.15, 0.2) is 41.0 Å². The van der Waals surface area contributed by atoms with E-state index >= 15 is 0 Å². The van der Waals surface area contributed by atoms with E-state index in [1.165, 1.54) is 0 Å². The summed E-state index contributed by atoms with van der Waals surface area (Å²) < 4.78 is 10.5. The number of ether oxygens (including phenoxy) is 1. The lowest BCUT2D eigenvalue weighted by Crippen LogP contribution is -2.30. The van der Waals surface area contributed by atoms with E-state index in [9.17, 15) is 4.79 Å². The van der Waals surface area contributed by atoms with Gasteiger partial charge in [0.25, 0.3) is 0 Å². The third kappa shape index (κ3) is 4.43. The lowest BCUT2D eigenvalue weighted by Gasteiger charge is -2.17. The normalized spacial score (nSPS) is 10.8. The molecular formula is C16H20N2O3. The van der Waals surface area contributed by atoms with Gasteiger partial charge in [-0.25, -0.2) is 4.98 Å². The molecule has 0 unspecified atom stereocenters. The first-order valence-electron chi connectivity index (χ1n) is 7.10. The van der Waals surface area contributed by atoms with Gasteiger partial charge >= 0.3 is 5.97 Å². The van der Waals surface area contributed by atoms with Crippen molar-refractivity contribution in [3.05, 3.63) is 42.3 Å². The summed E-state index contributed by atoms with van der Waals surface area (Å²) in [5, 5.41) is 0. The van der Waals surface area contributed by atoms with E-state index in [0.717, 1.165) is 17.8 Å². The zero-order valence-electron chi connectivity index (χ0n) is 12.4. The van der Waals surface area contributed by atoms with Crippen LogP contribution >= 0.6 is 0 Å². The minimum absolute atomic E-state index is 0.217. The standard InChI is InChI=1S/C16H20N2O3/c1-3-18(11-15(19)20-4-2)10-14-12-21-16(17-14)13-8-6-5-7-9-13/h5-9,12H,3-4,10-11H2,1-2H3. The molecule has 5 nitrogen and oxygen atoms in total. The average molecular weight is 288 g/mol. The van der Waals surface area contributed by atoms with Crippen LogP contribution in [0.1, 0.15) is 19.5 Å². The van der Waals surface area contributed by atoms with E-state index < -0.39 is 0 Å². The molecule has 1 aromatic heterocycles. The molecule has 112 valence electrons. The fourth-order valence-electron chi connectivity index (χ4n) is 1.99. The van der Waals surface area contributed by atoms with E-state index in [4.69, 9.17) is 9.15 Å². The van der Waals surface area contributed by atoms with Gasteiger partial charge in [-0.05, 0) is 25.6 Å². The highest BCUT2D eigenvalue weighted by Crippen LogP contribution is 2.18. The summed E-state index contributed by atoms with van der Waals surface area (Å²) >= 11 is 0. The van der Waals surface area contributed by atoms with Crippen molar-refractivity contribution in [3.63, 3.8) is 0 Å². The van der Waals surface area contributed by atoms with Gasteiger partial charge in [-0.1, -0.05) is 25.1 Å². The molecule has 0 aliphatic carbocycles. The van der Waals surface area contributed by atoms with Crippen LogP contribution in [-0.4, -0.2) is 35.5 Å². The van der Waals surface area contributed by atoms with Gasteiger partial charge in [0.05, 0.1) is 18.8 Å². The number of nitrogens with zero attached hydrogens (tertiary/aromatic N) is 2. The predicted molar refractivity (Wildman–Crippen MR) is 79.5 cm³/mol. The van der Waals surface area contributed by atoms with E-state index in [-0.39, 0.29) is 12.5 Å². The SMILES string of the molecule is CCOC(=O)CN(CC)Cc1coc(-c2ccccc2)n1. The van der Waals surface area contributed by atoms with Crippen LogP contribution in [-0.2, 0) is 16.1 Å². The Balaban J connectivity index is 1.99. The highest BCUT2D eigenvalue weighted by Gasteiger charge is 2.13. The van der Waals surface area contributed by atoms with Gasteiger partial charge in [0.15, 0.2) is 0 Å². The molecule has 0 aliphatic heterocycles. The number of carbonyl (C=O) groups is 1. The third-order valence-corrected chi connectivity index (χ3v) is 3.06. The van der Waals surface area contributed by atoms with Gasteiger partial charge < -0.3 is 9.15 Å². The summed E-state index contributed by atoms with van der Waals surface area (Å²) in [5.41, 5.74) is 1.75. The summed E-state index contributed by atoms with van der Waals surface area (Å²) in [6, 6.07) is 9.74. The van der Waals surface area contributed by atoms with Crippen LogP contribution in [0.5, 0.6) is 0 Å². The molecule has 0 atom stereocenters. The minimum Gasteiger partial charge on any atom is -0.465 e. The number of likely N-dealkylation sites (N-methyl/N-ethyl adjacent to an activating group) is 1. The molecule has 0 fully saturated rings. The van der Waals surface area contributed by atoms with Crippen LogP contribution in [0.25, 0.3) is 11.5 Å². The molecule has 2 rings (SSSR count). The number of aromatic nitrogens is 1. The minimum atomic E-state index is -0.217. The smallest absolute Gasteiger partial charge is 0.320 e. The van der Waals surface area contributed by atoms with Crippen molar-refractivity contribution in [2.24, 2.45) is 0 Å². The summed E-state index contributed by atoms with van der Waals surface area (Å²) in [4.78, 5) is 17.9. The van der Waals surface area contributed by atoms with E-state index in [1.54, 1.807) is 13.2 Å². The Morgan fingerprint density at radius 1 is 1.29 bits per heavy atom. The molecule has 0 aliphatic rings. The first kappa shape index (κ1) is 15.3. The third-order valence-electron chi connectivity index (χ3n) is 3.06. The number of carbonyl (C=O) groups excluding carboxylic acids is 1. The zero-order valence-corrected chi connectivity index (χ0v) is 12.4. The van der Waals surface area contributed by atoms with Crippen LogP contribution in [0.4, 0.5) is 0 Å². The summed E-state index contributed by atoms with van der Waals surface area (Å²) in [7, 11) is 0. The van der Waals surface area contributed by atoms with E-state index in [1.807, 2.05) is 42.2 Å². The van der Waals surface area contributed by atoms with Crippen LogP contribution in [0.2, 0.25) is 0 Å². The maximum Gasteiger partial charge on any atom is 0.320 e. The fourth-order valence-corrected chi connectivity index (χ4v) is 1.99. The number of hydrogen-bond donors (Lipinski definition) is 0. The first-order valence-corrected chi connectivity index (χ1v) is 7.10. The zero-order chi connectivity index (χ0) is 15.1. The fraction of sp³-hybridized carbons (Fsp3) is 0.375. The van der Waals surface area contributed by atoms with Crippen LogP contribution < -0.4 is 0 Å². The van der Waals surface area contributed by atoms with Gasteiger partial charge in [0.2, 0.25) is 5.89 Å². The molecular weight excluding hydrogens is 268 g/mol. The van der Waals surface area contributed by atoms with Gasteiger partial charge in [-0.3, -0.25) is 9.69 Å². The van der Waals surface area contributed by atoms with Crippen LogP contribution in [0.3, 0.4) is 0 Å². The monoisotopic (exact) mass is 288 g/mol. The molecule has 1 aromatic carbocycles. The Bertz CT molecular complexity index is 566. The molecule has 0 spiro atoms. The summed E-state index contributed by atoms with van der Waals surface area (Å²) in [6.07, 6.45) is 1.64. The first-order chi connectivity index (χ1) is 10.2. The van der Waals surface area contributed by atoms with Gasteiger partial charge in [0, 0.05) is 12.1 Å². The number of oxazole rings is 1. The molecule has 1 heterocycles. The van der Waals surface area contributed by atoms with Crippen LogP contribution in [0, 0.1) is 0 Å². The van der Waals surface area contributed by atoms with Crippen molar-refractivity contribution in [2.75, 3.05) is 19.7 Å². The highest BCUT2D eigenvalue weighted by atomic mass is 16.5. The van der Waals surface area contributed by atoms with Gasteiger partial charge in [0.1, 0.15) is 6.26 Å². The topological polar surface area (TPSA) is 55.6 Å². The molecule has 0 radical (unpaired) electrons. The van der Waals surface area contributed by atoms with Crippen molar-refractivity contribution in [3.8, 4) is 11.5 Å². The number of benzene rings is 1. The number of hydrogen-bond acceptors (Lipinski definition) is 5. The lowest BCUT2D eigenvalue weighted by atomic mass is 10.2. The maximum atomic E-state index is 11.5. The van der Waals surface area contributed by atoms with Crippen molar-refractivity contribution in [1.29, 1.82) is 0 Å². The van der Waals surface area contributed by atoms with Gasteiger partial charge in [-0.15, -0.1) is 0 Å². The Morgan fingerprint density at radius 2 is 2.05 bits per heavy atom. The Kier molecular flexibility index (Phi) is 5.51. The van der Waals surface area contributed by atoms with Crippen molar-refractivity contribution < 1.29 is 13.9 Å². The predicted octanol–water partition coefficient (Wildman–Crippen LogP) is 2.73. The molecule has 2 aromatic rings. The maximum absolute atomic E-state index is 11.5. The molecule has 0 saturated carbocycles. The van der Waals surface area contributed by atoms with E-state index in [0.29, 0.717) is 19.0 Å².